The minimum Gasteiger partial charge on any atom is -0.260 e. The van der Waals surface area contributed by atoms with E-state index < -0.39 is 10.8 Å². The molecule has 264 valence electrons. The Morgan fingerprint density at radius 2 is 1.02 bits per heavy atom. The molecule has 0 aliphatic carbocycles. The van der Waals surface area contributed by atoms with Gasteiger partial charge in [-0.3, -0.25) is 4.21 Å². The highest BCUT2D eigenvalue weighted by Gasteiger charge is 1.80. The van der Waals surface area contributed by atoms with E-state index in [0.29, 0.717) is 5.75 Å². The van der Waals surface area contributed by atoms with E-state index in [-0.39, 0.29) is 44.6 Å². The molecule has 0 radical (unpaired) electrons. The normalized spacial score (nSPS) is 9.00. The zero-order chi connectivity index (χ0) is 29.1. The molecule has 0 fully saturated rings. The molecule has 0 aromatic heterocycles. The van der Waals surface area contributed by atoms with E-state index in [1.807, 2.05) is 58.4 Å². The average Bonchev–Trinajstić information content (AvgIpc) is 2.88. The highest BCUT2D eigenvalue weighted by atomic mass is 79.9. The summed E-state index contributed by atoms with van der Waals surface area (Å²) in [6, 6.07) is 0. The third kappa shape index (κ3) is 177. The van der Waals surface area contributed by atoms with E-state index in [0.717, 1.165) is 28.8 Å². The van der Waals surface area contributed by atoms with Crippen LogP contribution < -0.4 is 0 Å². The highest BCUT2D eigenvalue weighted by molar-refractivity contribution is 9.11. The quantitative estimate of drug-likeness (QED) is 0.140. The summed E-state index contributed by atoms with van der Waals surface area (Å²) in [7, 11) is -0.667. The second-order valence-corrected chi connectivity index (χ2v) is 13.1. The molecule has 11 heteroatoms. The van der Waals surface area contributed by atoms with Crippen LogP contribution in [0, 0.1) is 0 Å². The Bertz CT molecular complexity index is 487. The average molecular weight is 830 g/mol. The maximum atomic E-state index is 10.4. The first kappa shape index (κ1) is 79.4. The lowest BCUT2D eigenvalue weighted by molar-refractivity contribution is 0.688. The first-order chi connectivity index (χ1) is 17.3. The lowest BCUT2D eigenvalue weighted by Crippen LogP contribution is -1.86. The van der Waals surface area contributed by atoms with Crippen LogP contribution in [-0.2, 0) is 10.8 Å². The molecule has 0 saturated heterocycles. The van der Waals surface area contributed by atoms with Crippen molar-refractivity contribution >= 4 is 123 Å². The zero-order valence-corrected chi connectivity index (χ0v) is 32.1. The van der Waals surface area contributed by atoms with Crippen molar-refractivity contribution in [2.45, 2.75) is 44.6 Å². The fourth-order valence-corrected chi connectivity index (χ4v) is 3.86. The van der Waals surface area contributed by atoms with Crippen LogP contribution in [0.1, 0.15) is 44.6 Å². The third-order valence-corrected chi connectivity index (χ3v) is 6.77. The lowest BCUT2D eigenvalue weighted by atomic mass is 10.8. The Balaban J connectivity index is -0.0000000253. The smallest absolute Gasteiger partial charge is 0.0420 e. The minimum absolute atomic E-state index is 0. The molecule has 1 unspecified atom stereocenters. The van der Waals surface area contributed by atoms with Crippen LogP contribution in [0.5, 0.6) is 0 Å². The van der Waals surface area contributed by atoms with Crippen molar-refractivity contribution in [3.63, 3.8) is 0 Å². The predicted molar refractivity (Wildman–Crippen MR) is 249 cm³/mol. The summed E-state index contributed by atoms with van der Waals surface area (Å²) >= 11 is 21.4. The van der Waals surface area contributed by atoms with Crippen LogP contribution in [0.4, 0.5) is 0 Å². The lowest BCUT2D eigenvalue weighted by Gasteiger charge is -1.82. The summed E-state index contributed by atoms with van der Waals surface area (Å²) in [5, 5.41) is 5.81. The van der Waals surface area contributed by atoms with Gasteiger partial charge >= 0.3 is 0 Å². The Labute approximate surface area is 317 Å². The molecule has 0 rings (SSSR count). The molecule has 0 N–H and O–H groups in total. The summed E-state index contributed by atoms with van der Waals surface area (Å²) in [5.41, 5.74) is 0. The van der Waals surface area contributed by atoms with Crippen molar-refractivity contribution in [1.29, 1.82) is 0 Å². The number of halogens is 1. The van der Waals surface area contributed by atoms with Crippen molar-refractivity contribution in [2.75, 3.05) is 78.3 Å². The highest BCUT2D eigenvalue weighted by Crippen LogP contribution is 1.97. The standard InChI is InChI=1S/C5H10OS2.C5H10S2.C4H7BrS.C4H8S2.C4H8S.C3H6S.6CH4/c1-7-4-3-5-8(2)6;1-6-4-3-5-7-2;2*1-6-4-2-3-5;1-3-4-5-2;1-2-3-4;;;;;;/h3-4H,5H2,1-2H3;3-4H,5H2,1-2H3;2-3H,4H2,1H3;2-3,5H,4H2,1H3;3H,1,4H2,2H3;2,4H,1,3H2;6*1H4/b2*4-3+;2*3-2+;;;;;;;;. The van der Waals surface area contributed by atoms with E-state index >= 15 is 0 Å². The van der Waals surface area contributed by atoms with E-state index in [1.54, 1.807) is 64.8 Å². The molecule has 0 heterocycles. The number of thioether (sulfide) groups is 6. The van der Waals surface area contributed by atoms with Crippen LogP contribution in [0.15, 0.2) is 70.8 Å². The third-order valence-electron chi connectivity index (χ3n) is 2.19. The van der Waals surface area contributed by atoms with Gasteiger partial charge in [0.25, 0.3) is 0 Å². The zero-order valence-electron chi connectivity index (χ0n) is 23.0. The van der Waals surface area contributed by atoms with Gasteiger partial charge in [-0.2, -0.15) is 72.3 Å². The molecule has 0 aliphatic rings. The fourth-order valence-electron chi connectivity index (χ4n) is 0.892. The second kappa shape index (κ2) is 104. The summed E-state index contributed by atoms with van der Waals surface area (Å²) in [4.78, 5) is 1.88. The molecule has 1 atom stereocenters. The van der Waals surface area contributed by atoms with Gasteiger partial charge in [0.15, 0.2) is 0 Å². The van der Waals surface area contributed by atoms with Crippen LogP contribution in [0.25, 0.3) is 0 Å². The molecule has 1 nitrogen and oxygen atoms in total. The van der Waals surface area contributed by atoms with E-state index in [9.17, 15) is 4.21 Å². The number of hydrogen-bond donors (Lipinski definition) is 2. The van der Waals surface area contributed by atoms with E-state index in [1.165, 1.54) is 0 Å². The molecule has 0 amide bonds. The Morgan fingerprint density at radius 3 is 1.21 bits per heavy atom. The van der Waals surface area contributed by atoms with Crippen LogP contribution in [0.2, 0.25) is 0 Å². The van der Waals surface area contributed by atoms with Crippen molar-refractivity contribution < 1.29 is 4.21 Å². The van der Waals surface area contributed by atoms with Crippen molar-refractivity contribution in [3.05, 3.63) is 70.8 Å². The predicted octanol–water partition coefficient (Wildman–Crippen LogP) is 14.0. The fraction of sp³-hybridized carbons (Fsp3) is 0.613. The van der Waals surface area contributed by atoms with Crippen LogP contribution in [0.3, 0.4) is 0 Å². The molecule has 0 aliphatic heterocycles. The first-order valence-electron chi connectivity index (χ1n) is 10.3. The Morgan fingerprint density at radius 1 is 0.667 bits per heavy atom. The van der Waals surface area contributed by atoms with Gasteiger partial charge in [-0.25, -0.2) is 0 Å². The monoisotopic (exact) mass is 828 g/mol. The molecule has 42 heavy (non-hydrogen) atoms. The van der Waals surface area contributed by atoms with Crippen LogP contribution >= 0.6 is 112 Å². The van der Waals surface area contributed by atoms with Gasteiger partial charge in [-0.15, -0.1) is 36.7 Å². The van der Waals surface area contributed by atoms with Crippen molar-refractivity contribution in [2.24, 2.45) is 0 Å². The summed E-state index contributed by atoms with van der Waals surface area (Å²) in [6.07, 6.45) is 25.8. The number of hydrogen-bond acceptors (Lipinski definition) is 9. The van der Waals surface area contributed by atoms with Gasteiger partial charge in [0.1, 0.15) is 0 Å². The largest absolute Gasteiger partial charge is 0.260 e. The Kier molecular flexibility index (Phi) is 197. The topological polar surface area (TPSA) is 17.1 Å². The van der Waals surface area contributed by atoms with Crippen LogP contribution in [-0.4, -0.2) is 82.5 Å². The Hall–Kier alpha value is 1.87. The van der Waals surface area contributed by atoms with Gasteiger partial charge in [-0.1, -0.05) is 96.9 Å². The SMILES string of the molecule is C.C.C.C.C.C.C=CCS.C=CCSC.CS/C=C/CS(C)=O.CS/C=C/CSC.CSC/C=C/Br.CSC/C=C/S. The summed E-state index contributed by atoms with van der Waals surface area (Å²) in [6.45, 7) is 6.93. The second-order valence-electron chi connectivity index (χ2n) is 5.28. The molecule has 0 bridgehead atoms. The maximum absolute atomic E-state index is 10.4. The van der Waals surface area contributed by atoms with Gasteiger partial charge in [0.2, 0.25) is 0 Å². The molecular weight excluding hydrogens is 757 g/mol. The minimum atomic E-state index is -0.667. The number of rotatable bonds is 13. The first-order valence-corrected chi connectivity index (χ1v) is 22.3. The van der Waals surface area contributed by atoms with Gasteiger partial charge in [0.05, 0.1) is 0 Å². The van der Waals surface area contributed by atoms with Gasteiger partial charge < -0.3 is 0 Å². The van der Waals surface area contributed by atoms with E-state index in [4.69, 9.17) is 0 Å². The van der Waals surface area contributed by atoms with E-state index in [2.05, 4.69) is 103 Å². The molecule has 0 aromatic rings. The maximum Gasteiger partial charge on any atom is 0.0420 e. The molecular formula is C31H73BrOS9. The van der Waals surface area contributed by atoms with Gasteiger partial charge in [0, 0.05) is 51.6 Å². The van der Waals surface area contributed by atoms with Crippen molar-refractivity contribution in [3.8, 4) is 0 Å². The summed E-state index contributed by atoms with van der Waals surface area (Å²) < 4.78 is 10.4. The molecule has 0 spiro atoms. The summed E-state index contributed by atoms with van der Waals surface area (Å²) in [5.74, 6) is 5.84. The number of thiol groups is 2. The van der Waals surface area contributed by atoms with Gasteiger partial charge in [-0.05, 0) is 58.7 Å². The molecule has 0 saturated carbocycles. The molecule has 0 aromatic carbocycles. The van der Waals surface area contributed by atoms with Crippen molar-refractivity contribution in [1.82, 2.24) is 0 Å².